The lowest BCUT2D eigenvalue weighted by atomic mass is 10.1. The number of aliphatic hydroxyl groups excluding tert-OH is 1. The zero-order valence-electron chi connectivity index (χ0n) is 11.3. The maximum absolute atomic E-state index is 9.48. The average molecular weight is 273 g/mol. The van der Waals surface area contributed by atoms with Crippen molar-refractivity contribution in [3.05, 3.63) is 36.2 Å². The van der Waals surface area contributed by atoms with Gasteiger partial charge in [-0.15, -0.1) is 10.2 Å². The third-order valence-corrected chi connectivity index (χ3v) is 3.71. The predicted molar refractivity (Wildman–Crippen MR) is 74.8 cm³/mol. The Balaban J connectivity index is 1.50. The maximum Gasteiger partial charge on any atom is 0.247 e. The van der Waals surface area contributed by atoms with Crippen molar-refractivity contribution >= 4 is 0 Å². The van der Waals surface area contributed by atoms with Gasteiger partial charge in [-0.1, -0.05) is 18.2 Å². The lowest BCUT2D eigenvalue weighted by molar-refractivity contribution is 0.177. The number of nitrogens with one attached hydrogen (secondary N) is 1. The van der Waals surface area contributed by atoms with Gasteiger partial charge in [0.15, 0.2) is 0 Å². The molecule has 2 atom stereocenters. The standard InChI is InChI=1S/C15H19N3O2/c19-13-7-6-11(8-13)9-16-10-14-17-18-15(20-14)12-4-2-1-3-5-12/h1-5,11,13,16,19H,6-10H2. The molecule has 0 aliphatic heterocycles. The molecule has 3 rings (SSSR count). The van der Waals surface area contributed by atoms with Crippen LogP contribution in [-0.4, -0.2) is 28.0 Å². The van der Waals surface area contributed by atoms with Crippen molar-refractivity contribution in [1.29, 1.82) is 0 Å². The van der Waals surface area contributed by atoms with Gasteiger partial charge in [-0.25, -0.2) is 0 Å². The van der Waals surface area contributed by atoms with Crippen LogP contribution in [0.15, 0.2) is 34.7 Å². The van der Waals surface area contributed by atoms with Gasteiger partial charge in [-0.2, -0.15) is 0 Å². The number of nitrogens with zero attached hydrogens (tertiary/aromatic N) is 2. The summed E-state index contributed by atoms with van der Waals surface area (Å²) >= 11 is 0. The van der Waals surface area contributed by atoms with Crippen molar-refractivity contribution in [2.45, 2.75) is 31.9 Å². The second-order valence-electron chi connectivity index (χ2n) is 5.33. The molecule has 1 aromatic carbocycles. The molecule has 0 radical (unpaired) electrons. The van der Waals surface area contributed by atoms with Crippen LogP contribution in [0.3, 0.4) is 0 Å². The van der Waals surface area contributed by atoms with Gasteiger partial charge in [0.1, 0.15) is 0 Å². The highest BCUT2D eigenvalue weighted by Crippen LogP contribution is 2.24. The van der Waals surface area contributed by atoms with Crippen molar-refractivity contribution in [2.24, 2.45) is 5.92 Å². The molecule has 1 fully saturated rings. The molecule has 2 aromatic rings. The topological polar surface area (TPSA) is 71.2 Å². The molecule has 0 amide bonds. The number of benzene rings is 1. The highest BCUT2D eigenvalue weighted by atomic mass is 16.4. The van der Waals surface area contributed by atoms with E-state index in [1.54, 1.807) is 0 Å². The summed E-state index contributed by atoms with van der Waals surface area (Å²) in [5, 5.41) is 20.9. The zero-order valence-corrected chi connectivity index (χ0v) is 11.3. The summed E-state index contributed by atoms with van der Waals surface area (Å²) in [7, 11) is 0. The predicted octanol–water partition coefficient (Wildman–Crippen LogP) is 1.99. The number of hydrogen-bond donors (Lipinski definition) is 2. The van der Waals surface area contributed by atoms with E-state index < -0.39 is 0 Å². The van der Waals surface area contributed by atoms with E-state index in [0.717, 1.165) is 31.4 Å². The first-order valence-electron chi connectivity index (χ1n) is 7.08. The molecule has 2 unspecified atom stereocenters. The Kier molecular flexibility index (Phi) is 4.08. The van der Waals surface area contributed by atoms with Crippen LogP contribution in [0.4, 0.5) is 0 Å². The molecule has 1 aliphatic carbocycles. The lowest BCUT2D eigenvalue weighted by Crippen LogP contribution is -2.21. The fourth-order valence-corrected chi connectivity index (χ4v) is 2.64. The molecule has 0 spiro atoms. The van der Waals surface area contributed by atoms with Crippen LogP contribution < -0.4 is 5.32 Å². The van der Waals surface area contributed by atoms with Crippen molar-refractivity contribution < 1.29 is 9.52 Å². The number of rotatable bonds is 5. The Bertz CT molecular complexity index is 541. The molecule has 2 N–H and O–H groups in total. The minimum absolute atomic E-state index is 0.116. The summed E-state index contributed by atoms with van der Waals surface area (Å²) in [6, 6.07) is 9.75. The summed E-state index contributed by atoms with van der Waals surface area (Å²) in [4.78, 5) is 0. The van der Waals surface area contributed by atoms with Crippen molar-refractivity contribution in [3.8, 4) is 11.5 Å². The van der Waals surface area contributed by atoms with Crippen molar-refractivity contribution in [3.63, 3.8) is 0 Å². The van der Waals surface area contributed by atoms with E-state index in [2.05, 4.69) is 15.5 Å². The van der Waals surface area contributed by atoms with Crippen LogP contribution in [0.5, 0.6) is 0 Å². The minimum Gasteiger partial charge on any atom is -0.419 e. The first-order valence-corrected chi connectivity index (χ1v) is 7.08. The third kappa shape index (κ3) is 3.23. The third-order valence-electron chi connectivity index (χ3n) is 3.71. The summed E-state index contributed by atoms with van der Waals surface area (Å²) < 4.78 is 5.62. The van der Waals surface area contributed by atoms with Gasteiger partial charge in [0.05, 0.1) is 12.6 Å². The molecule has 1 heterocycles. The van der Waals surface area contributed by atoms with Gasteiger partial charge >= 0.3 is 0 Å². The van der Waals surface area contributed by atoms with Gasteiger partial charge in [0, 0.05) is 5.56 Å². The van der Waals surface area contributed by atoms with Crippen LogP contribution in [0.25, 0.3) is 11.5 Å². The molecule has 106 valence electrons. The molecule has 1 aromatic heterocycles. The Morgan fingerprint density at radius 2 is 2.05 bits per heavy atom. The Hall–Kier alpha value is -1.72. The quantitative estimate of drug-likeness (QED) is 0.871. The van der Waals surface area contributed by atoms with E-state index in [0.29, 0.717) is 24.2 Å². The van der Waals surface area contributed by atoms with Crippen LogP contribution in [-0.2, 0) is 6.54 Å². The Morgan fingerprint density at radius 3 is 2.80 bits per heavy atom. The Labute approximate surface area is 118 Å². The fourth-order valence-electron chi connectivity index (χ4n) is 2.64. The summed E-state index contributed by atoms with van der Waals surface area (Å²) in [6.07, 6.45) is 2.79. The number of hydrogen-bond acceptors (Lipinski definition) is 5. The second kappa shape index (κ2) is 6.15. The summed E-state index contributed by atoms with van der Waals surface area (Å²) in [6.45, 7) is 1.46. The van der Waals surface area contributed by atoms with E-state index in [1.807, 2.05) is 30.3 Å². The molecule has 1 saturated carbocycles. The van der Waals surface area contributed by atoms with Crippen LogP contribution in [0.2, 0.25) is 0 Å². The fraction of sp³-hybridized carbons (Fsp3) is 0.467. The highest BCUT2D eigenvalue weighted by Gasteiger charge is 2.22. The minimum atomic E-state index is -0.116. The molecular formula is C15H19N3O2. The van der Waals surface area contributed by atoms with Gasteiger partial charge in [0.2, 0.25) is 11.8 Å². The molecular weight excluding hydrogens is 254 g/mol. The lowest BCUT2D eigenvalue weighted by Gasteiger charge is -2.08. The largest absolute Gasteiger partial charge is 0.419 e. The SMILES string of the molecule is OC1CCC(CNCc2nnc(-c3ccccc3)o2)C1. The van der Waals surface area contributed by atoms with E-state index >= 15 is 0 Å². The normalized spacial score (nSPS) is 22.2. The van der Waals surface area contributed by atoms with Gasteiger partial charge in [-0.05, 0) is 43.9 Å². The Morgan fingerprint density at radius 1 is 1.20 bits per heavy atom. The van der Waals surface area contributed by atoms with E-state index in [1.165, 1.54) is 0 Å². The first kappa shape index (κ1) is 13.3. The van der Waals surface area contributed by atoms with Gasteiger partial charge < -0.3 is 14.8 Å². The number of aromatic nitrogens is 2. The zero-order chi connectivity index (χ0) is 13.8. The molecule has 20 heavy (non-hydrogen) atoms. The number of aliphatic hydroxyl groups is 1. The molecule has 0 bridgehead atoms. The molecule has 5 heteroatoms. The molecule has 0 saturated heterocycles. The highest BCUT2D eigenvalue weighted by molar-refractivity contribution is 5.51. The second-order valence-corrected chi connectivity index (χ2v) is 5.33. The van der Waals surface area contributed by atoms with E-state index in [4.69, 9.17) is 4.42 Å². The monoisotopic (exact) mass is 273 g/mol. The van der Waals surface area contributed by atoms with Crippen molar-refractivity contribution in [1.82, 2.24) is 15.5 Å². The summed E-state index contributed by atoms with van der Waals surface area (Å²) in [5.41, 5.74) is 0.935. The van der Waals surface area contributed by atoms with Crippen LogP contribution in [0, 0.1) is 5.92 Å². The van der Waals surface area contributed by atoms with Gasteiger partial charge in [0.25, 0.3) is 0 Å². The van der Waals surface area contributed by atoms with E-state index in [9.17, 15) is 5.11 Å². The molecule has 1 aliphatic rings. The van der Waals surface area contributed by atoms with Crippen LogP contribution in [0.1, 0.15) is 25.2 Å². The average Bonchev–Trinajstić information content (AvgIpc) is 3.09. The smallest absolute Gasteiger partial charge is 0.247 e. The first-order chi connectivity index (χ1) is 9.81. The van der Waals surface area contributed by atoms with E-state index in [-0.39, 0.29) is 6.10 Å². The molecule has 5 nitrogen and oxygen atoms in total. The maximum atomic E-state index is 9.48. The summed E-state index contributed by atoms with van der Waals surface area (Å²) in [5.74, 6) is 1.71. The van der Waals surface area contributed by atoms with Crippen LogP contribution >= 0.6 is 0 Å². The van der Waals surface area contributed by atoms with Gasteiger partial charge in [-0.3, -0.25) is 0 Å². The van der Waals surface area contributed by atoms with Crippen molar-refractivity contribution in [2.75, 3.05) is 6.54 Å².